The highest BCUT2D eigenvalue weighted by atomic mass is 16.3. The molecule has 0 unspecified atom stereocenters. The van der Waals surface area contributed by atoms with E-state index >= 15 is 0 Å². The second-order valence-electron chi connectivity index (χ2n) is 8.44. The third-order valence-electron chi connectivity index (χ3n) is 6.48. The van der Waals surface area contributed by atoms with Crippen LogP contribution in [0.15, 0.2) is 22.6 Å². The number of amides is 2. The van der Waals surface area contributed by atoms with E-state index in [2.05, 4.69) is 15.6 Å². The third kappa shape index (κ3) is 3.45. The van der Waals surface area contributed by atoms with Gasteiger partial charge in [-0.1, -0.05) is 6.42 Å². The Morgan fingerprint density at radius 3 is 2.74 bits per heavy atom. The van der Waals surface area contributed by atoms with Crippen LogP contribution in [0.3, 0.4) is 0 Å². The molecule has 6 heteroatoms. The molecule has 0 spiro atoms. The molecule has 5 rings (SSSR count). The number of rotatable bonds is 5. The van der Waals surface area contributed by atoms with Gasteiger partial charge in [0, 0.05) is 18.2 Å². The minimum absolute atomic E-state index is 0.441. The van der Waals surface area contributed by atoms with E-state index in [1.807, 2.05) is 0 Å². The highest BCUT2D eigenvalue weighted by Gasteiger charge is 2.38. The lowest BCUT2D eigenvalue weighted by Gasteiger charge is -2.21. The molecule has 2 aromatic rings. The summed E-state index contributed by atoms with van der Waals surface area (Å²) in [4.78, 5) is 28.7. The first-order chi connectivity index (χ1) is 13.2. The highest BCUT2D eigenvalue weighted by Crippen LogP contribution is 2.49. The van der Waals surface area contributed by atoms with Crippen LogP contribution in [0.2, 0.25) is 0 Å². The Labute approximate surface area is 158 Å². The average Bonchev–Trinajstić information content (AvgIpc) is 3.10. The van der Waals surface area contributed by atoms with E-state index in [9.17, 15) is 9.59 Å². The fourth-order valence-electron chi connectivity index (χ4n) is 4.90. The zero-order valence-electron chi connectivity index (χ0n) is 15.4. The summed E-state index contributed by atoms with van der Waals surface area (Å²) in [6.45, 7) is 0.577. The molecule has 3 saturated carbocycles. The van der Waals surface area contributed by atoms with E-state index in [0.29, 0.717) is 29.2 Å². The lowest BCUT2D eigenvalue weighted by atomic mass is 9.86. The van der Waals surface area contributed by atoms with Crippen molar-refractivity contribution in [2.45, 2.75) is 50.9 Å². The number of hydrogen-bond acceptors (Lipinski definition) is 4. The normalized spacial score (nSPS) is 26.4. The fourth-order valence-corrected chi connectivity index (χ4v) is 4.90. The standard InChI is InChI=1S/C21H25N3O3/c25-19(22-8-7-15-10-12-1-2-14(15)9-12)20(26)23-16-5-6-18-17(11-16)24-21(27-18)13-3-4-13/h5-6,11-15H,1-4,7-10H2,(H,22,25)(H,23,26)/t12-,14-,15-/m0/s1. The van der Waals surface area contributed by atoms with Crippen LogP contribution < -0.4 is 10.6 Å². The number of anilines is 1. The summed E-state index contributed by atoms with van der Waals surface area (Å²) in [5.41, 5.74) is 1.99. The van der Waals surface area contributed by atoms with Crippen LogP contribution in [0, 0.1) is 17.8 Å². The van der Waals surface area contributed by atoms with Crippen LogP contribution in [0.4, 0.5) is 5.69 Å². The number of fused-ring (bicyclic) bond motifs is 3. The number of nitrogens with zero attached hydrogens (tertiary/aromatic N) is 1. The van der Waals surface area contributed by atoms with Gasteiger partial charge in [-0.15, -0.1) is 0 Å². The minimum Gasteiger partial charge on any atom is -0.440 e. The molecule has 27 heavy (non-hydrogen) atoms. The first-order valence-electron chi connectivity index (χ1n) is 10.2. The van der Waals surface area contributed by atoms with Crippen molar-refractivity contribution in [3.8, 4) is 0 Å². The molecule has 3 aliphatic rings. The molecule has 2 N–H and O–H groups in total. The second-order valence-corrected chi connectivity index (χ2v) is 8.44. The van der Waals surface area contributed by atoms with Crippen LogP contribution in [0.1, 0.15) is 56.8 Å². The second kappa shape index (κ2) is 6.66. The predicted molar refractivity (Wildman–Crippen MR) is 101 cm³/mol. The Hall–Kier alpha value is -2.37. The largest absolute Gasteiger partial charge is 0.440 e. The number of carbonyl (C=O) groups is 2. The van der Waals surface area contributed by atoms with Crippen LogP contribution in [0.25, 0.3) is 11.1 Å². The molecule has 142 valence electrons. The Morgan fingerprint density at radius 1 is 1.11 bits per heavy atom. The van der Waals surface area contributed by atoms with Crippen LogP contribution in [-0.4, -0.2) is 23.3 Å². The van der Waals surface area contributed by atoms with Gasteiger partial charge in [0.2, 0.25) is 0 Å². The molecule has 1 heterocycles. The molecular formula is C21H25N3O3. The van der Waals surface area contributed by atoms with Crippen LogP contribution in [-0.2, 0) is 9.59 Å². The summed E-state index contributed by atoms with van der Waals surface area (Å²) >= 11 is 0. The number of benzene rings is 1. The monoisotopic (exact) mass is 367 g/mol. The summed E-state index contributed by atoms with van der Waals surface area (Å²) in [7, 11) is 0. The van der Waals surface area contributed by atoms with Gasteiger partial charge in [0.25, 0.3) is 0 Å². The van der Waals surface area contributed by atoms with Crippen molar-refractivity contribution in [1.29, 1.82) is 0 Å². The van der Waals surface area contributed by atoms with Crippen molar-refractivity contribution in [3.05, 3.63) is 24.1 Å². The van der Waals surface area contributed by atoms with E-state index < -0.39 is 11.8 Å². The molecule has 2 amide bonds. The zero-order chi connectivity index (χ0) is 18.4. The van der Waals surface area contributed by atoms with Crippen molar-refractivity contribution in [2.24, 2.45) is 17.8 Å². The van der Waals surface area contributed by atoms with Crippen molar-refractivity contribution >= 4 is 28.6 Å². The predicted octanol–water partition coefficient (Wildman–Crippen LogP) is 3.59. The maximum absolute atomic E-state index is 12.2. The van der Waals surface area contributed by atoms with Gasteiger partial charge < -0.3 is 15.1 Å². The van der Waals surface area contributed by atoms with Gasteiger partial charge in [-0.3, -0.25) is 9.59 Å². The Kier molecular flexibility index (Phi) is 4.14. The van der Waals surface area contributed by atoms with Gasteiger partial charge in [-0.25, -0.2) is 4.98 Å². The molecule has 0 aliphatic heterocycles. The Morgan fingerprint density at radius 2 is 2.00 bits per heavy atom. The number of oxazole rings is 1. The molecule has 0 saturated heterocycles. The SMILES string of the molecule is O=C(NCC[C@H]1C[C@H]2CC[C@H]1C2)C(=O)Nc1ccc2oc(C3CC3)nc2c1. The van der Waals surface area contributed by atoms with Gasteiger partial charge in [0.05, 0.1) is 0 Å². The summed E-state index contributed by atoms with van der Waals surface area (Å²) in [5, 5.41) is 5.43. The molecule has 3 aliphatic carbocycles. The van der Waals surface area contributed by atoms with Gasteiger partial charge in [0.1, 0.15) is 5.52 Å². The first-order valence-corrected chi connectivity index (χ1v) is 10.2. The first kappa shape index (κ1) is 16.8. The molecular weight excluding hydrogens is 342 g/mol. The number of aromatic nitrogens is 1. The minimum atomic E-state index is -0.631. The van der Waals surface area contributed by atoms with Gasteiger partial charge in [-0.05, 0) is 74.5 Å². The molecule has 6 nitrogen and oxygen atoms in total. The van der Waals surface area contributed by atoms with E-state index in [1.54, 1.807) is 18.2 Å². The van der Waals surface area contributed by atoms with Crippen molar-refractivity contribution in [2.75, 3.05) is 11.9 Å². The van der Waals surface area contributed by atoms with E-state index in [1.165, 1.54) is 25.7 Å². The Bertz CT molecular complexity index is 886. The molecule has 2 bridgehead atoms. The van der Waals surface area contributed by atoms with E-state index in [4.69, 9.17) is 4.42 Å². The third-order valence-corrected chi connectivity index (χ3v) is 6.48. The van der Waals surface area contributed by atoms with Gasteiger partial charge >= 0.3 is 11.8 Å². The smallest absolute Gasteiger partial charge is 0.313 e. The van der Waals surface area contributed by atoms with Crippen LogP contribution >= 0.6 is 0 Å². The van der Waals surface area contributed by atoms with E-state index in [0.717, 1.165) is 42.9 Å². The quantitative estimate of drug-likeness (QED) is 0.791. The maximum Gasteiger partial charge on any atom is 0.313 e. The van der Waals surface area contributed by atoms with E-state index in [-0.39, 0.29) is 0 Å². The highest BCUT2D eigenvalue weighted by molar-refractivity contribution is 6.39. The average molecular weight is 367 g/mol. The molecule has 0 radical (unpaired) electrons. The van der Waals surface area contributed by atoms with Gasteiger partial charge in [-0.2, -0.15) is 0 Å². The summed E-state index contributed by atoms with van der Waals surface area (Å²) in [6.07, 6.45) is 8.62. The molecule has 3 atom stereocenters. The van der Waals surface area contributed by atoms with Crippen LogP contribution in [0.5, 0.6) is 0 Å². The lowest BCUT2D eigenvalue weighted by Crippen LogP contribution is -2.36. The molecule has 1 aromatic carbocycles. The maximum atomic E-state index is 12.2. The number of hydrogen-bond donors (Lipinski definition) is 2. The lowest BCUT2D eigenvalue weighted by molar-refractivity contribution is -0.136. The summed E-state index contributed by atoms with van der Waals surface area (Å²) < 4.78 is 5.72. The fraction of sp³-hybridized carbons (Fsp3) is 0.571. The summed E-state index contributed by atoms with van der Waals surface area (Å²) in [5.74, 6) is 2.48. The molecule has 3 fully saturated rings. The number of nitrogens with one attached hydrogen (secondary N) is 2. The number of carbonyl (C=O) groups excluding carboxylic acids is 2. The molecule has 1 aromatic heterocycles. The van der Waals surface area contributed by atoms with Crippen molar-refractivity contribution in [3.63, 3.8) is 0 Å². The van der Waals surface area contributed by atoms with Crippen molar-refractivity contribution in [1.82, 2.24) is 10.3 Å². The zero-order valence-corrected chi connectivity index (χ0v) is 15.4. The summed E-state index contributed by atoms with van der Waals surface area (Å²) in [6, 6.07) is 5.28. The topological polar surface area (TPSA) is 84.2 Å². The van der Waals surface area contributed by atoms with Gasteiger partial charge in [0.15, 0.2) is 11.5 Å². The Balaban J connectivity index is 1.13. The van der Waals surface area contributed by atoms with Crippen molar-refractivity contribution < 1.29 is 14.0 Å².